The molecule has 3 heteroatoms. The van der Waals surface area contributed by atoms with Crippen LogP contribution in [0, 0.1) is 0 Å². The fourth-order valence-electron chi connectivity index (χ4n) is 2.32. The number of rotatable bonds is 5. The van der Waals surface area contributed by atoms with E-state index in [0.29, 0.717) is 0 Å². The second-order valence-corrected chi connectivity index (χ2v) is 5.58. The van der Waals surface area contributed by atoms with E-state index in [-0.39, 0.29) is 0 Å². The van der Waals surface area contributed by atoms with Gasteiger partial charge in [-0.05, 0) is 61.8 Å². The lowest BCUT2D eigenvalue weighted by atomic mass is 10.0. The Bertz CT molecular complexity index is 278. The molecule has 90 valence electrons. The Morgan fingerprint density at radius 3 is 3.12 bits per heavy atom. The molecule has 2 heterocycles. The van der Waals surface area contributed by atoms with Crippen molar-refractivity contribution in [2.24, 2.45) is 0 Å². The van der Waals surface area contributed by atoms with Crippen LogP contribution in [-0.4, -0.2) is 31.1 Å². The largest absolute Gasteiger partial charge is 0.314 e. The summed E-state index contributed by atoms with van der Waals surface area (Å²) in [6, 6.07) is 2.98. The van der Waals surface area contributed by atoms with Gasteiger partial charge in [-0.1, -0.05) is 6.42 Å². The van der Waals surface area contributed by atoms with Gasteiger partial charge < -0.3 is 10.2 Å². The van der Waals surface area contributed by atoms with Crippen LogP contribution in [0.15, 0.2) is 16.8 Å². The van der Waals surface area contributed by atoms with Crippen molar-refractivity contribution in [1.29, 1.82) is 0 Å². The summed E-state index contributed by atoms with van der Waals surface area (Å²) in [5.41, 5.74) is 1.45. The summed E-state index contributed by atoms with van der Waals surface area (Å²) in [6.45, 7) is 3.52. The van der Waals surface area contributed by atoms with E-state index < -0.39 is 0 Å². The number of piperidine rings is 1. The van der Waals surface area contributed by atoms with Crippen molar-refractivity contribution < 1.29 is 0 Å². The Hall–Kier alpha value is -0.380. The molecule has 1 aromatic heterocycles. The second-order valence-electron chi connectivity index (χ2n) is 4.80. The van der Waals surface area contributed by atoms with Gasteiger partial charge in [-0.2, -0.15) is 11.3 Å². The molecule has 1 aliphatic rings. The van der Waals surface area contributed by atoms with Crippen LogP contribution in [0.3, 0.4) is 0 Å². The summed E-state index contributed by atoms with van der Waals surface area (Å²) in [7, 11) is 2.22. The van der Waals surface area contributed by atoms with Crippen molar-refractivity contribution in [3.63, 3.8) is 0 Å². The number of hydrogen-bond acceptors (Lipinski definition) is 3. The lowest BCUT2D eigenvalue weighted by molar-refractivity contribution is 0.282. The molecule has 1 fully saturated rings. The van der Waals surface area contributed by atoms with E-state index in [1.807, 2.05) is 0 Å². The average Bonchev–Trinajstić information content (AvgIpc) is 2.81. The van der Waals surface area contributed by atoms with Gasteiger partial charge in [-0.3, -0.25) is 0 Å². The molecule has 1 aromatic rings. The third-order valence-corrected chi connectivity index (χ3v) is 4.04. The van der Waals surface area contributed by atoms with Gasteiger partial charge in [0, 0.05) is 12.6 Å². The summed E-state index contributed by atoms with van der Waals surface area (Å²) < 4.78 is 0. The minimum absolute atomic E-state index is 0.763. The van der Waals surface area contributed by atoms with E-state index in [9.17, 15) is 0 Å². The van der Waals surface area contributed by atoms with Gasteiger partial charge in [-0.25, -0.2) is 0 Å². The first kappa shape index (κ1) is 12.1. The molecule has 2 nitrogen and oxygen atoms in total. The zero-order valence-corrected chi connectivity index (χ0v) is 10.9. The smallest absolute Gasteiger partial charge is 0.0238 e. The molecule has 0 spiro atoms. The van der Waals surface area contributed by atoms with E-state index in [0.717, 1.165) is 12.6 Å². The fraction of sp³-hybridized carbons (Fsp3) is 0.692. The van der Waals surface area contributed by atoms with Crippen LogP contribution in [0.25, 0.3) is 0 Å². The summed E-state index contributed by atoms with van der Waals surface area (Å²) in [5.74, 6) is 0. The van der Waals surface area contributed by atoms with Crippen LogP contribution in [0.5, 0.6) is 0 Å². The minimum Gasteiger partial charge on any atom is -0.314 e. The molecule has 16 heavy (non-hydrogen) atoms. The monoisotopic (exact) mass is 238 g/mol. The molecule has 1 aliphatic heterocycles. The van der Waals surface area contributed by atoms with Crippen molar-refractivity contribution in [1.82, 2.24) is 10.2 Å². The molecule has 1 saturated heterocycles. The number of nitrogens with zero attached hydrogens (tertiary/aromatic N) is 1. The standard InChI is InChI=1S/C13H22N2S/c1-15(10-12-6-9-16-11-12)8-5-13-4-2-3-7-14-13/h6,9,11,13-14H,2-5,7-8,10H2,1H3. The Morgan fingerprint density at radius 1 is 1.50 bits per heavy atom. The highest BCUT2D eigenvalue weighted by Crippen LogP contribution is 2.12. The van der Waals surface area contributed by atoms with Crippen molar-refractivity contribution in [3.8, 4) is 0 Å². The van der Waals surface area contributed by atoms with Crippen molar-refractivity contribution in [3.05, 3.63) is 22.4 Å². The van der Waals surface area contributed by atoms with Gasteiger partial charge in [0.25, 0.3) is 0 Å². The van der Waals surface area contributed by atoms with Crippen LogP contribution >= 0.6 is 11.3 Å². The van der Waals surface area contributed by atoms with Gasteiger partial charge in [0.05, 0.1) is 0 Å². The minimum atomic E-state index is 0.763. The van der Waals surface area contributed by atoms with Gasteiger partial charge in [-0.15, -0.1) is 0 Å². The molecule has 0 radical (unpaired) electrons. The lowest BCUT2D eigenvalue weighted by Crippen LogP contribution is -2.36. The molecular weight excluding hydrogens is 216 g/mol. The number of thiophene rings is 1. The van der Waals surface area contributed by atoms with E-state index in [4.69, 9.17) is 0 Å². The van der Waals surface area contributed by atoms with Gasteiger partial charge in [0.1, 0.15) is 0 Å². The summed E-state index contributed by atoms with van der Waals surface area (Å²) in [5, 5.41) is 8.01. The maximum atomic E-state index is 3.61. The molecule has 0 aliphatic carbocycles. The van der Waals surface area contributed by atoms with Gasteiger partial charge in [0.2, 0.25) is 0 Å². The SMILES string of the molecule is CN(CCC1CCCCN1)Cc1ccsc1. The Balaban J connectivity index is 1.65. The van der Waals surface area contributed by atoms with Gasteiger partial charge in [0.15, 0.2) is 0 Å². The van der Waals surface area contributed by atoms with E-state index >= 15 is 0 Å². The first-order valence-corrected chi connectivity index (χ1v) is 7.22. The molecule has 1 atom stereocenters. The average molecular weight is 238 g/mol. The molecule has 0 saturated carbocycles. The van der Waals surface area contributed by atoms with Crippen molar-refractivity contribution in [2.75, 3.05) is 20.1 Å². The molecule has 0 amide bonds. The third kappa shape index (κ3) is 3.89. The Kier molecular flexibility index (Phi) is 4.82. The van der Waals surface area contributed by atoms with E-state index in [2.05, 4.69) is 34.1 Å². The molecular formula is C13H22N2S. The molecule has 0 aromatic carbocycles. The number of hydrogen-bond donors (Lipinski definition) is 1. The van der Waals surface area contributed by atoms with E-state index in [1.165, 1.54) is 44.3 Å². The first-order chi connectivity index (χ1) is 7.84. The predicted octanol–water partition coefficient (Wildman–Crippen LogP) is 2.71. The quantitative estimate of drug-likeness (QED) is 0.848. The van der Waals surface area contributed by atoms with Crippen LogP contribution in [0.2, 0.25) is 0 Å². The molecule has 2 rings (SSSR count). The predicted molar refractivity (Wildman–Crippen MR) is 70.9 cm³/mol. The maximum Gasteiger partial charge on any atom is 0.0238 e. The Labute approximate surface area is 103 Å². The highest BCUT2D eigenvalue weighted by atomic mass is 32.1. The van der Waals surface area contributed by atoms with Crippen molar-refractivity contribution >= 4 is 11.3 Å². The highest BCUT2D eigenvalue weighted by Gasteiger charge is 2.12. The van der Waals surface area contributed by atoms with Crippen LogP contribution in [-0.2, 0) is 6.54 Å². The third-order valence-electron chi connectivity index (χ3n) is 3.30. The summed E-state index contributed by atoms with van der Waals surface area (Å²) in [6.07, 6.45) is 5.43. The first-order valence-electron chi connectivity index (χ1n) is 6.27. The normalized spacial score (nSPS) is 21.5. The van der Waals surface area contributed by atoms with Crippen LogP contribution in [0.1, 0.15) is 31.2 Å². The Morgan fingerprint density at radius 2 is 2.44 bits per heavy atom. The summed E-state index contributed by atoms with van der Waals surface area (Å²) in [4.78, 5) is 2.43. The van der Waals surface area contributed by atoms with Gasteiger partial charge >= 0.3 is 0 Å². The topological polar surface area (TPSA) is 15.3 Å². The molecule has 1 N–H and O–H groups in total. The highest BCUT2D eigenvalue weighted by molar-refractivity contribution is 7.07. The maximum absolute atomic E-state index is 3.61. The van der Waals surface area contributed by atoms with Crippen LogP contribution < -0.4 is 5.32 Å². The zero-order chi connectivity index (χ0) is 11.2. The fourth-order valence-corrected chi connectivity index (χ4v) is 2.98. The second kappa shape index (κ2) is 6.38. The molecule has 0 bridgehead atoms. The number of nitrogens with one attached hydrogen (secondary N) is 1. The zero-order valence-electron chi connectivity index (χ0n) is 10.1. The van der Waals surface area contributed by atoms with Crippen molar-refractivity contribution in [2.45, 2.75) is 38.3 Å². The molecule has 1 unspecified atom stereocenters. The summed E-state index contributed by atoms with van der Waals surface area (Å²) >= 11 is 1.79. The van der Waals surface area contributed by atoms with E-state index in [1.54, 1.807) is 11.3 Å². The van der Waals surface area contributed by atoms with Crippen LogP contribution in [0.4, 0.5) is 0 Å². The lowest BCUT2D eigenvalue weighted by Gasteiger charge is -2.25.